The molecule has 1 saturated heterocycles. The summed E-state index contributed by atoms with van der Waals surface area (Å²) in [5.41, 5.74) is 6.56. The number of fused-ring (bicyclic) bond motifs is 1. The van der Waals surface area contributed by atoms with E-state index in [2.05, 4.69) is 35.0 Å². The molecule has 1 aliphatic carbocycles. The minimum Gasteiger partial charge on any atom is -0.487 e. The summed E-state index contributed by atoms with van der Waals surface area (Å²) in [7, 11) is 0. The number of nitrogens with zero attached hydrogens (tertiary/aromatic N) is 3. The summed E-state index contributed by atoms with van der Waals surface area (Å²) in [6, 6.07) is 11.8. The first-order valence-corrected chi connectivity index (χ1v) is 9.78. The Bertz CT molecular complexity index is 999. The molecule has 0 saturated carbocycles. The highest BCUT2D eigenvalue weighted by Gasteiger charge is 2.33. The van der Waals surface area contributed by atoms with Crippen LogP contribution in [0.2, 0.25) is 0 Å². The zero-order chi connectivity index (χ0) is 20.4. The molecule has 29 heavy (non-hydrogen) atoms. The number of rotatable bonds is 6. The minimum atomic E-state index is -0.690. The van der Waals surface area contributed by atoms with E-state index in [0.717, 1.165) is 30.8 Å². The third-order valence-corrected chi connectivity index (χ3v) is 5.77. The van der Waals surface area contributed by atoms with Crippen molar-refractivity contribution in [3.05, 3.63) is 64.5 Å². The molecule has 0 unspecified atom stereocenters. The van der Waals surface area contributed by atoms with E-state index in [1.54, 1.807) is 18.3 Å². The largest absolute Gasteiger partial charge is 0.487 e. The van der Waals surface area contributed by atoms with Gasteiger partial charge in [-0.15, -0.1) is 0 Å². The van der Waals surface area contributed by atoms with Gasteiger partial charge in [0, 0.05) is 25.8 Å². The maximum atomic E-state index is 11.0. The van der Waals surface area contributed by atoms with Crippen LogP contribution >= 0.6 is 0 Å². The molecule has 6 nitrogen and oxygen atoms in total. The Morgan fingerprint density at radius 1 is 1.31 bits per heavy atom. The van der Waals surface area contributed by atoms with Gasteiger partial charge in [-0.05, 0) is 60.7 Å². The average molecular weight is 389 g/mol. The van der Waals surface area contributed by atoms with E-state index in [0.29, 0.717) is 25.3 Å². The molecule has 2 aromatic rings. The average Bonchev–Trinajstić information content (AvgIpc) is 2.70. The number of ether oxygens (including phenoxy) is 1. The van der Waals surface area contributed by atoms with Crippen molar-refractivity contribution in [1.29, 1.82) is 5.26 Å². The quantitative estimate of drug-likeness (QED) is 0.816. The van der Waals surface area contributed by atoms with Crippen LogP contribution in [-0.4, -0.2) is 40.6 Å². The van der Waals surface area contributed by atoms with E-state index in [9.17, 15) is 4.79 Å². The molecule has 4 rings (SSSR count). The number of aliphatic carboxylic acids is 1. The third-order valence-electron chi connectivity index (χ3n) is 5.77. The Morgan fingerprint density at radius 2 is 2.14 bits per heavy atom. The summed E-state index contributed by atoms with van der Waals surface area (Å²) in [6.07, 6.45) is 3.51. The highest BCUT2D eigenvalue weighted by Crippen LogP contribution is 2.34. The topological polar surface area (TPSA) is 86.5 Å². The van der Waals surface area contributed by atoms with Gasteiger partial charge >= 0.3 is 5.97 Å². The maximum absolute atomic E-state index is 11.0. The van der Waals surface area contributed by atoms with Gasteiger partial charge in [-0.25, -0.2) is 0 Å². The molecule has 0 amide bonds. The van der Waals surface area contributed by atoms with Gasteiger partial charge in [0.05, 0.1) is 17.2 Å². The zero-order valence-corrected chi connectivity index (χ0v) is 16.4. The number of carbonyl (C=O) groups is 1. The van der Waals surface area contributed by atoms with Crippen LogP contribution in [0.4, 0.5) is 0 Å². The first-order chi connectivity index (χ1) is 14.0. The number of benzene rings is 1. The molecular weight excluding hydrogens is 366 g/mol. The Hall–Kier alpha value is -3.17. The molecule has 1 aliphatic heterocycles. The Balaban J connectivity index is 1.40. The van der Waals surface area contributed by atoms with Crippen molar-refractivity contribution in [2.75, 3.05) is 19.6 Å². The van der Waals surface area contributed by atoms with Gasteiger partial charge in [0.25, 0.3) is 0 Å². The second-order valence-corrected chi connectivity index (χ2v) is 7.72. The van der Waals surface area contributed by atoms with Crippen molar-refractivity contribution >= 4 is 11.5 Å². The number of aryl methyl sites for hydroxylation is 1. The molecule has 0 atom stereocenters. The van der Waals surface area contributed by atoms with Crippen molar-refractivity contribution in [3.8, 4) is 11.8 Å². The van der Waals surface area contributed by atoms with Crippen LogP contribution in [0.5, 0.6) is 5.75 Å². The number of hydrogen-bond acceptors (Lipinski definition) is 5. The highest BCUT2D eigenvalue weighted by molar-refractivity contribution is 5.73. The molecule has 2 aliphatic rings. The van der Waals surface area contributed by atoms with Crippen LogP contribution in [0.25, 0.3) is 5.57 Å². The number of carboxylic acids is 1. The molecule has 1 N–H and O–H groups in total. The lowest BCUT2D eigenvalue weighted by Gasteiger charge is -2.38. The second-order valence-electron chi connectivity index (χ2n) is 7.72. The molecule has 2 heterocycles. The molecule has 6 heteroatoms. The van der Waals surface area contributed by atoms with Gasteiger partial charge in [-0.3, -0.25) is 14.7 Å². The maximum Gasteiger partial charge on any atom is 0.309 e. The first kappa shape index (κ1) is 19.2. The third kappa shape index (κ3) is 4.15. The number of hydrogen-bond donors (Lipinski definition) is 1. The van der Waals surface area contributed by atoms with E-state index in [-0.39, 0.29) is 5.92 Å². The standard InChI is InChI=1S/C23H23N3O3/c1-15-18(11-26-12-19(13-26)23(27)28)4-3-17-8-21(6-7-22(15)17)29-14-20-5-2-16(9-24)10-25-20/h2,5-8,10,19H,3-4,11-14H2,1H3,(H,27,28). The van der Waals surface area contributed by atoms with Gasteiger partial charge in [-0.2, -0.15) is 5.26 Å². The molecule has 1 aromatic carbocycles. The molecule has 1 fully saturated rings. The lowest BCUT2D eigenvalue weighted by atomic mass is 9.85. The summed E-state index contributed by atoms with van der Waals surface area (Å²) in [5, 5.41) is 17.9. The van der Waals surface area contributed by atoms with Crippen LogP contribution in [-0.2, 0) is 17.8 Å². The molecule has 148 valence electrons. The normalized spacial score (nSPS) is 16.7. The second kappa shape index (κ2) is 8.06. The van der Waals surface area contributed by atoms with Crippen molar-refractivity contribution in [1.82, 2.24) is 9.88 Å². The fourth-order valence-electron chi connectivity index (χ4n) is 3.95. The number of pyridine rings is 1. The smallest absolute Gasteiger partial charge is 0.309 e. The molecular formula is C23H23N3O3. The van der Waals surface area contributed by atoms with E-state index in [1.165, 1.54) is 22.3 Å². The van der Waals surface area contributed by atoms with Gasteiger partial charge in [-0.1, -0.05) is 11.6 Å². The predicted molar refractivity (Wildman–Crippen MR) is 108 cm³/mol. The SMILES string of the molecule is CC1=C(CN2CC(C(=O)O)C2)CCc2cc(OCc3ccc(C#N)cn3)ccc21. The summed E-state index contributed by atoms with van der Waals surface area (Å²) in [4.78, 5) is 17.4. The number of nitriles is 1. The van der Waals surface area contributed by atoms with Crippen molar-refractivity contribution in [2.45, 2.75) is 26.4 Å². The molecule has 0 bridgehead atoms. The van der Waals surface area contributed by atoms with Crippen LogP contribution < -0.4 is 4.74 Å². The molecule has 1 aromatic heterocycles. The fraction of sp³-hybridized carbons (Fsp3) is 0.348. The van der Waals surface area contributed by atoms with E-state index in [4.69, 9.17) is 15.1 Å². The molecule has 0 radical (unpaired) electrons. The monoisotopic (exact) mass is 389 g/mol. The summed E-state index contributed by atoms with van der Waals surface area (Å²) < 4.78 is 5.89. The summed E-state index contributed by atoms with van der Waals surface area (Å²) in [6.45, 7) is 4.68. The molecule has 0 spiro atoms. The van der Waals surface area contributed by atoms with Crippen molar-refractivity contribution < 1.29 is 14.6 Å². The van der Waals surface area contributed by atoms with Crippen LogP contribution in [0.15, 0.2) is 42.1 Å². The van der Waals surface area contributed by atoms with Crippen LogP contribution in [0, 0.1) is 17.2 Å². The Labute approximate surface area is 170 Å². The minimum absolute atomic E-state index is 0.211. The fourth-order valence-corrected chi connectivity index (χ4v) is 3.95. The number of likely N-dealkylation sites (tertiary alicyclic amines) is 1. The van der Waals surface area contributed by atoms with Gasteiger partial charge < -0.3 is 9.84 Å². The van der Waals surface area contributed by atoms with E-state index < -0.39 is 5.97 Å². The lowest BCUT2D eigenvalue weighted by molar-refractivity contribution is -0.147. The van der Waals surface area contributed by atoms with Gasteiger partial charge in [0.1, 0.15) is 18.4 Å². The number of carboxylic acid groups (broad SMARTS) is 1. The number of aromatic nitrogens is 1. The Morgan fingerprint density at radius 3 is 2.83 bits per heavy atom. The van der Waals surface area contributed by atoms with Crippen LogP contribution in [0.3, 0.4) is 0 Å². The van der Waals surface area contributed by atoms with Crippen molar-refractivity contribution in [3.63, 3.8) is 0 Å². The lowest BCUT2D eigenvalue weighted by Crippen LogP contribution is -2.50. The Kier molecular flexibility index (Phi) is 5.32. The van der Waals surface area contributed by atoms with Gasteiger partial charge in [0.2, 0.25) is 0 Å². The van der Waals surface area contributed by atoms with Gasteiger partial charge in [0.15, 0.2) is 0 Å². The number of allylic oxidation sites excluding steroid dienone is 1. The first-order valence-electron chi connectivity index (χ1n) is 9.78. The van der Waals surface area contributed by atoms with E-state index in [1.807, 2.05) is 6.07 Å². The zero-order valence-electron chi connectivity index (χ0n) is 16.4. The predicted octanol–water partition coefficient (Wildman–Crippen LogP) is 3.27. The van der Waals surface area contributed by atoms with Crippen LogP contribution in [0.1, 0.15) is 35.7 Å². The van der Waals surface area contributed by atoms with Crippen molar-refractivity contribution in [2.24, 2.45) is 5.92 Å². The summed E-state index contributed by atoms with van der Waals surface area (Å²) in [5.74, 6) is -0.0834. The van der Waals surface area contributed by atoms with E-state index >= 15 is 0 Å². The summed E-state index contributed by atoms with van der Waals surface area (Å²) >= 11 is 0. The highest BCUT2D eigenvalue weighted by atomic mass is 16.5.